The van der Waals surface area contributed by atoms with E-state index < -0.39 is 5.97 Å². The fourth-order valence-corrected chi connectivity index (χ4v) is 2.02. The number of carboxylic acids is 1. The third-order valence-corrected chi connectivity index (χ3v) is 3.08. The van der Waals surface area contributed by atoms with E-state index in [-0.39, 0.29) is 6.10 Å². The predicted octanol–water partition coefficient (Wildman–Crippen LogP) is 2.25. The van der Waals surface area contributed by atoms with Gasteiger partial charge in [-0.2, -0.15) is 0 Å². The molecule has 0 aliphatic rings. The molecule has 0 amide bonds. The second kappa shape index (κ2) is 4.52. The normalized spacial score (nSPS) is 12.8. The lowest BCUT2D eigenvalue weighted by Gasteiger charge is -2.06. The monoisotopic (exact) mass is 215 g/mol. The fraction of sp³-hybridized carbons (Fsp3) is 0.556. The maximum atomic E-state index is 10.7. The van der Waals surface area contributed by atoms with E-state index in [0.29, 0.717) is 17.2 Å². The van der Waals surface area contributed by atoms with Crippen LogP contribution >= 0.6 is 11.3 Å². The van der Waals surface area contributed by atoms with Crippen molar-refractivity contribution < 1.29 is 14.6 Å². The van der Waals surface area contributed by atoms with Crippen molar-refractivity contribution in [1.82, 2.24) is 4.98 Å². The molecule has 1 atom stereocenters. The molecular formula is C9H13NO3S. The molecule has 5 heteroatoms. The highest BCUT2D eigenvalue weighted by molar-refractivity contribution is 7.13. The van der Waals surface area contributed by atoms with E-state index >= 15 is 0 Å². The van der Waals surface area contributed by atoms with E-state index in [1.165, 1.54) is 11.3 Å². The Morgan fingerprint density at radius 2 is 2.36 bits per heavy atom. The number of carboxylic acid groups (broad SMARTS) is 1. The van der Waals surface area contributed by atoms with Crippen molar-refractivity contribution in [2.45, 2.75) is 26.9 Å². The van der Waals surface area contributed by atoms with E-state index in [0.717, 1.165) is 5.01 Å². The molecule has 0 saturated heterocycles. The fourth-order valence-electron chi connectivity index (χ4n) is 1.11. The Hall–Kier alpha value is -0.940. The van der Waals surface area contributed by atoms with Gasteiger partial charge in [0.05, 0.1) is 5.69 Å². The van der Waals surface area contributed by atoms with Crippen molar-refractivity contribution in [3.63, 3.8) is 0 Å². The van der Waals surface area contributed by atoms with Gasteiger partial charge in [0.2, 0.25) is 0 Å². The largest absolute Gasteiger partial charge is 0.477 e. The molecule has 0 fully saturated rings. The molecule has 1 aromatic rings. The molecule has 78 valence electrons. The van der Waals surface area contributed by atoms with Gasteiger partial charge in [0.25, 0.3) is 0 Å². The zero-order valence-corrected chi connectivity index (χ0v) is 9.22. The van der Waals surface area contributed by atoms with Crippen LogP contribution in [0.25, 0.3) is 0 Å². The highest BCUT2D eigenvalue weighted by atomic mass is 32.1. The third kappa shape index (κ3) is 2.30. The number of hydrogen-bond donors (Lipinski definition) is 1. The first kappa shape index (κ1) is 11.1. The molecule has 0 aliphatic carbocycles. The Morgan fingerprint density at radius 3 is 2.79 bits per heavy atom. The standard InChI is InChI=1S/C9H13NO3S/c1-4-13-6(3)8-10-5(2)7(14-8)9(11)12/h6H,4H2,1-3H3,(H,11,12). The van der Waals surface area contributed by atoms with Gasteiger partial charge in [0.1, 0.15) is 16.0 Å². The van der Waals surface area contributed by atoms with Gasteiger partial charge in [-0.15, -0.1) is 11.3 Å². The Bertz CT molecular complexity index is 335. The lowest BCUT2D eigenvalue weighted by Crippen LogP contribution is -1.98. The molecule has 0 spiro atoms. The number of thiazole rings is 1. The summed E-state index contributed by atoms with van der Waals surface area (Å²) in [7, 11) is 0. The molecule has 14 heavy (non-hydrogen) atoms. The van der Waals surface area contributed by atoms with E-state index in [9.17, 15) is 4.79 Å². The third-order valence-electron chi connectivity index (χ3n) is 1.77. The molecular weight excluding hydrogens is 202 g/mol. The zero-order valence-electron chi connectivity index (χ0n) is 8.40. The van der Waals surface area contributed by atoms with Crippen molar-refractivity contribution in [3.8, 4) is 0 Å². The van der Waals surface area contributed by atoms with Gasteiger partial charge in [0.15, 0.2) is 0 Å². The van der Waals surface area contributed by atoms with Gasteiger partial charge in [-0.05, 0) is 20.8 Å². The number of ether oxygens (including phenoxy) is 1. The Kier molecular flexibility index (Phi) is 3.60. The number of carbonyl (C=O) groups is 1. The van der Waals surface area contributed by atoms with Gasteiger partial charge in [-0.25, -0.2) is 9.78 Å². The number of nitrogens with zero attached hydrogens (tertiary/aromatic N) is 1. The SMILES string of the molecule is CCOC(C)c1nc(C)c(C(=O)O)s1. The summed E-state index contributed by atoms with van der Waals surface area (Å²) in [6, 6.07) is 0. The first-order valence-corrected chi connectivity index (χ1v) is 5.20. The molecule has 1 N–H and O–H groups in total. The van der Waals surface area contributed by atoms with Gasteiger partial charge in [0, 0.05) is 6.61 Å². The van der Waals surface area contributed by atoms with Crippen molar-refractivity contribution in [1.29, 1.82) is 0 Å². The molecule has 0 radical (unpaired) electrons. The van der Waals surface area contributed by atoms with E-state index in [4.69, 9.17) is 9.84 Å². The van der Waals surface area contributed by atoms with E-state index in [2.05, 4.69) is 4.98 Å². The van der Waals surface area contributed by atoms with Crippen molar-refractivity contribution in [2.75, 3.05) is 6.61 Å². The Labute approximate surface area is 86.6 Å². The summed E-state index contributed by atoms with van der Waals surface area (Å²) >= 11 is 1.18. The van der Waals surface area contributed by atoms with Crippen LogP contribution in [-0.2, 0) is 4.74 Å². The lowest BCUT2D eigenvalue weighted by molar-refractivity contribution is 0.0701. The molecule has 1 unspecified atom stereocenters. The van der Waals surface area contributed by atoms with Crippen LogP contribution in [0.3, 0.4) is 0 Å². The van der Waals surface area contributed by atoms with Gasteiger partial charge < -0.3 is 9.84 Å². The maximum Gasteiger partial charge on any atom is 0.347 e. The van der Waals surface area contributed by atoms with Crippen LogP contribution < -0.4 is 0 Å². The maximum absolute atomic E-state index is 10.7. The van der Waals surface area contributed by atoms with Gasteiger partial charge in [-0.1, -0.05) is 0 Å². The number of rotatable bonds is 4. The van der Waals surface area contributed by atoms with Gasteiger partial charge in [-0.3, -0.25) is 0 Å². The van der Waals surface area contributed by atoms with Crippen LogP contribution in [0.5, 0.6) is 0 Å². The van der Waals surface area contributed by atoms with E-state index in [1.807, 2.05) is 13.8 Å². The predicted molar refractivity (Wildman–Crippen MR) is 53.9 cm³/mol. The van der Waals surface area contributed by atoms with Crippen LogP contribution in [-0.4, -0.2) is 22.7 Å². The second-order valence-corrected chi connectivity index (χ2v) is 3.90. The van der Waals surface area contributed by atoms with Crippen molar-refractivity contribution in [3.05, 3.63) is 15.6 Å². The summed E-state index contributed by atoms with van der Waals surface area (Å²) in [6.07, 6.45) is -0.128. The molecule has 1 aromatic heterocycles. The zero-order chi connectivity index (χ0) is 10.7. The van der Waals surface area contributed by atoms with Crippen molar-refractivity contribution in [2.24, 2.45) is 0 Å². The molecule has 4 nitrogen and oxygen atoms in total. The second-order valence-electron chi connectivity index (χ2n) is 2.87. The first-order valence-electron chi connectivity index (χ1n) is 4.38. The van der Waals surface area contributed by atoms with Gasteiger partial charge >= 0.3 is 5.97 Å². The highest BCUT2D eigenvalue weighted by Gasteiger charge is 2.17. The minimum Gasteiger partial charge on any atom is -0.477 e. The summed E-state index contributed by atoms with van der Waals surface area (Å²) in [4.78, 5) is 15.2. The van der Waals surface area contributed by atoms with Crippen LogP contribution in [0.4, 0.5) is 0 Å². The molecule has 0 aliphatic heterocycles. The molecule has 0 saturated carbocycles. The molecule has 1 rings (SSSR count). The Morgan fingerprint density at radius 1 is 1.71 bits per heavy atom. The molecule has 0 bridgehead atoms. The van der Waals surface area contributed by atoms with Crippen LogP contribution in [0.2, 0.25) is 0 Å². The summed E-state index contributed by atoms with van der Waals surface area (Å²) < 4.78 is 5.33. The lowest BCUT2D eigenvalue weighted by atomic mass is 10.4. The van der Waals surface area contributed by atoms with E-state index in [1.54, 1.807) is 6.92 Å². The quantitative estimate of drug-likeness (QED) is 0.836. The Balaban J connectivity index is 2.90. The highest BCUT2D eigenvalue weighted by Crippen LogP contribution is 2.25. The van der Waals surface area contributed by atoms with Crippen molar-refractivity contribution >= 4 is 17.3 Å². The average Bonchev–Trinajstić information content (AvgIpc) is 2.48. The average molecular weight is 215 g/mol. The molecule has 1 heterocycles. The van der Waals surface area contributed by atoms with Crippen LogP contribution in [0, 0.1) is 6.92 Å². The minimum atomic E-state index is -0.921. The summed E-state index contributed by atoms with van der Waals surface area (Å²) in [6.45, 7) is 6.06. The van der Waals surface area contributed by atoms with Crippen LogP contribution in [0.1, 0.15) is 40.3 Å². The van der Waals surface area contributed by atoms with Crippen LogP contribution in [0.15, 0.2) is 0 Å². The smallest absolute Gasteiger partial charge is 0.347 e. The number of hydrogen-bond acceptors (Lipinski definition) is 4. The molecule has 0 aromatic carbocycles. The number of aromatic carboxylic acids is 1. The first-order chi connectivity index (χ1) is 6.56. The topological polar surface area (TPSA) is 59.4 Å². The minimum absolute atomic E-state index is 0.128. The summed E-state index contributed by atoms with van der Waals surface area (Å²) in [5, 5.41) is 9.54. The number of aryl methyl sites for hydroxylation is 1. The number of aromatic nitrogens is 1. The summed E-state index contributed by atoms with van der Waals surface area (Å²) in [5.74, 6) is -0.921. The summed E-state index contributed by atoms with van der Waals surface area (Å²) in [5.41, 5.74) is 0.559.